The molecule has 0 aliphatic carbocycles. The molecule has 0 fully saturated rings. The number of benzene rings is 2. The van der Waals surface area contributed by atoms with E-state index in [1.165, 1.54) is 31.2 Å². The first-order valence-electron chi connectivity index (χ1n) is 6.86. The predicted molar refractivity (Wildman–Crippen MR) is 94.8 cm³/mol. The van der Waals surface area contributed by atoms with Crippen molar-refractivity contribution < 1.29 is 14.0 Å². The van der Waals surface area contributed by atoms with Gasteiger partial charge in [0.2, 0.25) is 11.8 Å². The van der Waals surface area contributed by atoms with Crippen molar-refractivity contribution in [1.82, 2.24) is 0 Å². The maximum atomic E-state index is 13.6. The molecule has 2 rings (SSSR count). The molecule has 0 saturated carbocycles. The summed E-state index contributed by atoms with van der Waals surface area (Å²) in [7, 11) is 0. The van der Waals surface area contributed by atoms with Gasteiger partial charge in [-0.15, -0.1) is 0 Å². The topological polar surface area (TPSA) is 58.2 Å². The van der Waals surface area contributed by atoms with E-state index in [2.05, 4.69) is 10.6 Å². The van der Waals surface area contributed by atoms with Gasteiger partial charge in [0.25, 0.3) is 0 Å². The van der Waals surface area contributed by atoms with Gasteiger partial charge in [-0.25, -0.2) is 4.39 Å². The fourth-order valence-corrected chi connectivity index (χ4v) is 2.24. The first kappa shape index (κ1) is 18.0. The lowest BCUT2D eigenvalue weighted by Crippen LogP contribution is -2.10. The molecule has 0 unspecified atom stereocenters. The van der Waals surface area contributed by atoms with Crippen molar-refractivity contribution in [2.45, 2.75) is 6.92 Å². The number of hydrogen-bond donors (Lipinski definition) is 2. The Morgan fingerprint density at radius 3 is 2.54 bits per heavy atom. The van der Waals surface area contributed by atoms with E-state index in [1.807, 2.05) is 0 Å². The number of nitrogens with one attached hydrogen (secondary N) is 2. The quantitative estimate of drug-likeness (QED) is 0.767. The summed E-state index contributed by atoms with van der Waals surface area (Å²) in [5.74, 6) is -1.44. The summed E-state index contributed by atoms with van der Waals surface area (Å²) in [6, 6.07) is 8.76. The van der Waals surface area contributed by atoms with Crippen LogP contribution in [0.15, 0.2) is 42.5 Å². The first-order valence-corrected chi connectivity index (χ1v) is 7.62. The van der Waals surface area contributed by atoms with E-state index >= 15 is 0 Å². The Balaban J connectivity index is 2.11. The van der Waals surface area contributed by atoms with Crippen LogP contribution in [-0.4, -0.2) is 11.8 Å². The Bertz CT molecular complexity index is 822. The highest BCUT2D eigenvalue weighted by molar-refractivity contribution is 6.34. The van der Waals surface area contributed by atoms with Gasteiger partial charge < -0.3 is 10.6 Å². The summed E-state index contributed by atoms with van der Waals surface area (Å²) in [5.41, 5.74) is 0.923. The molecule has 0 radical (unpaired) electrons. The van der Waals surface area contributed by atoms with E-state index in [4.69, 9.17) is 23.2 Å². The van der Waals surface area contributed by atoms with Crippen molar-refractivity contribution in [3.05, 3.63) is 63.9 Å². The van der Waals surface area contributed by atoms with Gasteiger partial charge in [-0.05, 0) is 48.0 Å². The van der Waals surface area contributed by atoms with Crippen molar-refractivity contribution in [3.8, 4) is 0 Å². The Morgan fingerprint density at radius 1 is 1.08 bits per heavy atom. The van der Waals surface area contributed by atoms with Crippen LogP contribution < -0.4 is 10.6 Å². The van der Waals surface area contributed by atoms with Gasteiger partial charge in [-0.1, -0.05) is 23.2 Å². The number of carbonyl (C=O) groups excluding carboxylic acids is 2. The smallest absolute Gasteiger partial charge is 0.248 e. The summed E-state index contributed by atoms with van der Waals surface area (Å²) in [6.45, 7) is 1.27. The van der Waals surface area contributed by atoms with E-state index < -0.39 is 17.6 Å². The minimum atomic E-state index is -0.593. The van der Waals surface area contributed by atoms with Crippen LogP contribution >= 0.6 is 23.2 Å². The second kappa shape index (κ2) is 7.95. The lowest BCUT2D eigenvalue weighted by atomic mass is 10.2. The minimum Gasteiger partial charge on any atom is -0.324 e. The zero-order chi connectivity index (χ0) is 17.7. The Morgan fingerprint density at radius 2 is 1.83 bits per heavy atom. The molecule has 2 aromatic rings. The molecule has 124 valence electrons. The third-order valence-electron chi connectivity index (χ3n) is 2.92. The highest BCUT2D eigenvalue weighted by atomic mass is 35.5. The minimum absolute atomic E-state index is 0.0119. The van der Waals surface area contributed by atoms with Gasteiger partial charge >= 0.3 is 0 Å². The summed E-state index contributed by atoms with van der Waals surface area (Å²) in [5, 5.41) is 5.86. The molecule has 4 nitrogen and oxygen atoms in total. The third-order valence-corrected chi connectivity index (χ3v) is 3.50. The van der Waals surface area contributed by atoms with Gasteiger partial charge in [0.15, 0.2) is 0 Å². The van der Waals surface area contributed by atoms with Crippen LogP contribution in [0.1, 0.15) is 12.5 Å². The van der Waals surface area contributed by atoms with Gasteiger partial charge in [0.05, 0.1) is 5.69 Å². The highest BCUT2D eigenvalue weighted by Crippen LogP contribution is 2.22. The maximum absolute atomic E-state index is 13.6. The molecule has 0 aliphatic rings. The van der Waals surface area contributed by atoms with Gasteiger partial charge in [-0.3, -0.25) is 9.59 Å². The van der Waals surface area contributed by atoms with E-state index in [-0.39, 0.29) is 5.69 Å². The number of rotatable bonds is 4. The number of hydrogen-bond acceptors (Lipinski definition) is 2. The summed E-state index contributed by atoms with van der Waals surface area (Å²) >= 11 is 11.9. The SMILES string of the molecule is CC(=O)Nc1cc(NC(=O)/C=C/c2cc(Cl)ccc2Cl)ccc1F. The molecule has 24 heavy (non-hydrogen) atoms. The maximum Gasteiger partial charge on any atom is 0.248 e. The molecule has 2 N–H and O–H groups in total. The second-order valence-electron chi connectivity index (χ2n) is 4.86. The van der Waals surface area contributed by atoms with Crippen LogP contribution in [0.3, 0.4) is 0 Å². The molecule has 2 amide bonds. The predicted octanol–water partition coefficient (Wildman–Crippen LogP) is 4.74. The summed E-state index contributed by atoms with van der Waals surface area (Å²) < 4.78 is 13.6. The zero-order valence-electron chi connectivity index (χ0n) is 12.6. The molecule has 0 aromatic heterocycles. The van der Waals surface area contributed by atoms with Crippen LogP contribution in [0.25, 0.3) is 6.08 Å². The molecule has 0 atom stereocenters. The summed E-state index contributed by atoms with van der Waals surface area (Å²) in [6.07, 6.45) is 2.79. The molecular formula is C17H13Cl2FN2O2. The highest BCUT2D eigenvalue weighted by Gasteiger charge is 2.07. The van der Waals surface area contributed by atoms with E-state index in [0.29, 0.717) is 21.3 Å². The monoisotopic (exact) mass is 366 g/mol. The van der Waals surface area contributed by atoms with Crippen LogP contribution in [0, 0.1) is 5.82 Å². The molecule has 0 aliphatic heterocycles. The van der Waals surface area contributed by atoms with Crippen molar-refractivity contribution in [2.75, 3.05) is 10.6 Å². The molecular weight excluding hydrogens is 354 g/mol. The molecule has 0 bridgehead atoms. The normalized spacial score (nSPS) is 10.7. The number of anilines is 2. The Hall–Kier alpha value is -2.37. The van der Waals surface area contributed by atoms with Crippen LogP contribution in [-0.2, 0) is 9.59 Å². The van der Waals surface area contributed by atoms with Crippen molar-refractivity contribution in [3.63, 3.8) is 0 Å². The number of halogens is 3. The van der Waals surface area contributed by atoms with Gasteiger partial charge in [0, 0.05) is 28.7 Å². The van der Waals surface area contributed by atoms with Gasteiger partial charge in [-0.2, -0.15) is 0 Å². The molecule has 0 saturated heterocycles. The van der Waals surface area contributed by atoms with Crippen LogP contribution in [0.2, 0.25) is 10.0 Å². The van der Waals surface area contributed by atoms with Crippen molar-refractivity contribution in [1.29, 1.82) is 0 Å². The van der Waals surface area contributed by atoms with Crippen LogP contribution in [0.4, 0.5) is 15.8 Å². The summed E-state index contributed by atoms with van der Waals surface area (Å²) in [4.78, 5) is 23.0. The Labute approximate surface area is 148 Å². The first-order chi connectivity index (χ1) is 11.3. The molecule has 0 spiro atoms. The zero-order valence-corrected chi connectivity index (χ0v) is 14.1. The third kappa shape index (κ3) is 5.08. The van der Waals surface area contributed by atoms with Crippen molar-refractivity contribution >= 4 is 52.5 Å². The molecule has 0 heterocycles. The van der Waals surface area contributed by atoms with Gasteiger partial charge in [0.1, 0.15) is 5.82 Å². The van der Waals surface area contributed by atoms with E-state index in [9.17, 15) is 14.0 Å². The van der Waals surface area contributed by atoms with Crippen molar-refractivity contribution in [2.24, 2.45) is 0 Å². The second-order valence-corrected chi connectivity index (χ2v) is 5.71. The molecule has 7 heteroatoms. The largest absolute Gasteiger partial charge is 0.324 e. The van der Waals surface area contributed by atoms with Crippen LogP contribution in [0.5, 0.6) is 0 Å². The Kier molecular flexibility index (Phi) is 5.95. The standard InChI is InChI=1S/C17H13Cl2FN2O2/c1-10(23)21-16-9-13(4-6-15(16)20)22-17(24)7-2-11-8-12(18)3-5-14(11)19/h2-9H,1H3,(H,21,23)(H,22,24)/b7-2+. The van der Waals surface area contributed by atoms with E-state index in [1.54, 1.807) is 18.2 Å². The average molecular weight is 367 g/mol. The van der Waals surface area contributed by atoms with E-state index in [0.717, 1.165) is 6.07 Å². The fraction of sp³-hybridized carbons (Fsp3) is 0.0588. The lowest BCUT2D eigenvalue weighted by molar-refractivity contribution is -0.114. The fourth-order valence-electron chi connectivity index (χ4n) is 1.88. The average Bonchev–Trinajstić information content (AvgIpc) is 2.51. The lowest BCUT2D eigenvalue weighted by Gasteiger charge is -2.07. The number of carbonyl (C=O) groups is 2. The number of amides is 2. The molecule has 2 aromatic carbocycles.